The van der Waals surface area contributed by atoms with E-state index < -0.39 is 22.8 Å². The molecule has 0 atom stereocenters. The third kappa shape index (κ3) is 5.32. The quantitative estimate of drug-likeness (QED) is 0.549. The summed E-state index contributed by atoms with van der Waals surface area (Å²) in [4.78, 5) is 49.8. The van der Waals surface area contributed by atoms with Crippen molar-refractivity contribution in [3.05, 3.63) is 74.9 Å². The summed E-state index contributed by atoms with van der Waals surface area (Å²) in [6.07, 6.45) is 0.509. The Hall–Kier alpha value is -3.68. The van der Waals surface area contributed by atoms with Gasteiger partial charge in [0.25, 0.3) is 5.56 Å². The Morgan fingerprint density at radius 3 is 2.25 bits per heavy atom. The molecular formula is C24H26N2O6. The van der Waals surface area contributed by atoms with E-state index in [1.165, 1.54) is 11.5 Å². The van der Waals surface area contributed by atoms with Gasteiger partial charge in [-0.1, -0.05) is 24.3 Å². The average molecular weight is 438 g/mol. The van der Waals surface area contributed by atoms with Crippen LogP contribution in [0.1, 0.15) is 33.3 Å². The van der Waals surface area contributed by atoms with Crippen molar-refractivity contribution in [3.63, 3.8) is 0 Å². The topological polar surface area (TPSA) is 96.6 Å². The number of carbonyl (C=O) groups excluding carboxylic acids is 2. The highest BCUT2D eigenvalue weighted by Gasteiger charge is 2.20. The van der Waals surface area contributed by atoms with Gasteiger partial charge in [-0.3, -0.25) is 19.0 Å². The molecule has 3 aromatic rings. The molecule has 1 heterocycles. The van der Waals surface area contributed by atoms with Crippen LogP contribution in [-0.2, 0) is 32.0 Å². The number of hydrogen-bond acceptors (Lipinski definition) is 6. The molecule has 8 heteroatoms. The molecule has 0 aliphatic rings. The predicted octanol–water partition coefficient (Wildman–Crippen LogP) is 2.60. The summed E-state index contributed by atoms with van der Waals surface area (Å²) in [5.74, 6) is -0.925. The van der Waals surface area contributed by atoms with E-state index >= 15 is 0 Å². The summed E-state index contributed by atoms with van der Waals surface area (Å²) < 4.78 is 12.6. The van der Waals surface area contributed by atoms with Gasteiger partial charge in [0.1, 0.15) is 12.1 Å². The molecule has 0 saturated heterocycles. The normalized spacial score (nSPS) is 11.4. The van der Waals surface area contributed by atoms with Crippen LogP contribution in [0, 0.1) is 0 Å². The molecule has 8 nitrogen and oxygen atoms in total. The second-order valence-corrected chi connectivity index (χ2v) is 8.37. The molecule has 0 N–H and O–H groups in total. The maximum atomic E-state index is 13.3. The Labute approximate surface area is 185 Å². The third-order valence-electron chi connectivity index (χ3n) is 4.65. The number of hydrogen-bond donors (Lipinski definition) is 0. The monoisotopic (exact) mass is 438 g/mol. The number of fused-ring (bicyclic) bond motifs is 1. The number of aromatic nitrogens is 2. The Bertz CT molecular complexity index is 1260. The van der Waals surface area contributed by atoms with E-state index in [9.17, 15) is 19.2 Å². The first-order chi connectivity index (χ1) is 15.1. The van der Waals surface area contributed by atoms with Crippen LogP contribution in [0.3, 0.4) is 0 Å². The first-order valence-corrected chi connectivity index (χ1v) is 10.3. The summed E-state index contributed by atoms with van der Waals surface area (Å²) >= 11 is 0. The molecule has 0 aliphatic carbocycles. The van der Waals surface area contributed by atoms with Crippen molar-refractivity contribution in [2.45, 2.75) is 46.3 Å². The molecule has 0 saturated carbocycles. The third-order valence-corrected chi connectivity index (χ3v) is 4.65. The van der Waals surface area contributed by atoms with Crippen molar-refractivity contribution >= 4 is 22.8 Å². The zero-order chi connectivity index (χ0) is 23.5. The van der Waals surface area contributed by atoms with E-state index in [2.05, 4.69) is 0 Å². The maximum absolute atomic E-state index is 13.3. The number of esters is 2. The largest absolute Gasteiger partial charge is 0.466 e. The maximum Gasteiger partial charge on any atom is 0.336 e. The molecule has 168 valence electrons. The molecular weight excluding hydrogens is 412 g/mol. The molecule has 0 fully saturated rings. The van der Waals surface area contributed by atoms with Gasteiger partial charge in [-0.15, -0.1) is 0 Å². The SMILES string of the molecule is CC(=O)OCCc1ccc(-n2c(=O)c3ccccc3n(CC(=O)OC(C)(C)C)c2=O)cc1. The number of ether oxygens (including phenoxy) is 2. The lowest BCUT2D eigenvalue weighted by molar-refractivity contribution is -0.155. The minimum atomic E-state index is -0.702. The average Bonchev–Trinajstić information content (AvgIpc) is 2.71. The summed E-state index contributed by atoms with van der Waals surface area (Å²) in [7, 11) is 0. The highest BCUT2D eigenvalue weighted by atomic mass is 16.6. The van der Waals surface area contributed by atoms with Crippen LogP contribution >= 0.6 is 0 Å². The Morgan fingerprint density at radius 2 is 1.62 bits per heavy atom. The minimum absolute atomic E-state index is 0.243. The smallest absolute Gasteiger partial charge is 0.336 e. The highest BCUT2D eigenvalue weighted by Crippen LogP contribution is 2.13. The van der Waals surface area contributed by atoms with Crippen molar-refractivity contribution < 1.29 is 19.1 Å². The van der Waals surface area contributed by atoms with Crippen molar-refractivity contribution in [2.24, 2.45) is 0 Å². The van der Waals surface area contributed by atoms with Crippen LogP contribution < -0.4 is 11.2 Å². The number of rotatable bonds is 6. The number of para-hydroxylation sites is 1. The molecule has 0 unspecified atom stereocenters. The predicted molar refractivity (Wildman–Crippen MR) is 120 cm³/mol. The standard InChI is InChI=1S/C24H26N2O6/c1-16(27)31-14-13-17-9-11-18(12-10-17)26-22(29)19-7-5-6-8-20(19)25(23(26)30)15-21(28)32-24(2,3)4/h5-12H,13-15H2,1-4H3. The molecule has 0 aliphatic heterocycles. The van der Waals surface area contributed by atoms with Gasteiger partial charge in [-0.05, 0) is 50.6 Å². The van der Waals surface area contributed by atoms with Gasteiger partial charge in [0, 0.05) is 13.3 Å². The second-order valence-electron chi connectivity index (χ2n) is 8.37. The van der Waals surface area contributed by atoms with E-state index in [-0.39, 0.29) is 19.1 Å². The van der Waals surface area contributed by atoms with Crippen molar-refractivity contribution in [1.29, 1.82) is 0 Å². The van der Waals surface area contributed by atoms with Gasteiger partial charge in [0.05, 0.1) is 23.2 Å². The van der Waals surface area contributed by atoms with Gasteiger partial charge in [0.15, 0.2) is 0 Å². The number of carbonyl (C=O) groups is 2. The van der Waals surface area contributed by atoms with E-state index in [0.29, 0.717) is 23.0 Å². The van der Waals surface area contributed by atoms with Gasteiger partial charge in [0.2, 0.25) is 0 Å². The van der Waals surface area contributed by atoms with Crippen molar-refractivity contribution in [1.82, 2.24) is 9.13 Å². The summed E-state index contributed by atoms with van der Waals surface area (Å²) in [5, 5.41) is 0.314. The second kappa shape index (κ2) is 9.21. The molecule has 0 spiro atoms. The van der Waals surface area contributed by atoms with Crippen LogP contribution in [0.2, 0.25) is 0 Å². The molecule has 2 aromatic carbocycles. The van der Waals surface area contributed by atoms with Gasteiger partial charge in [-0.25, -0.2) is 9.36 Å². The Balaban J connectivity index is 2.04. The van der Waals surface area contributed by atoms with E-state index in [0.717, 1.165) is 10.1 Å². The minimum Gasteiger partial charge on any atom is -0.466 e. The van der Waals surface area contributed by atoms with E-state index in [1.807, 2.05) is 0 Å². The fraction of sp³-hybridized carbons (Fsp3) is 0.333. The number of nitrogens with zero attached hydrogens (tertiary/aromatic N) is 2. The van der Waals surface area contributed by atoms with Crippen molar-refractivity contribution in [3.8, 4) is 5.69 Å². The summed E-state index contributed by atoms with van der Waals surface area (Å²) in [6, 6.07) is 13.5. The lowest BCUT2D eigenvalue weighted by atomic mass is 10.1. The lowest BCUT2D eigenvalue weighted by Gasteiger charge is -2.20. The van der Waals surface area contributed by atoms with Crippen LogP contribution in [-0.4, -0.2) is 33.3 Å². The summed E-state index contributed by atoms with van der Waals surface area (Å²) in [6.45, 7) is 6.50. The van der Waals surface area contributed by atoms with Crippen LogP contribution in [0.15, 0.2) is 58.1 Å². The van der Waals surface area contributed by atoms with E-state index in [1.54, 1.807) is 69.3 Å². The van der Waals surface area contributed by atoms with Gasteiger partial charge >= 0.3 is 17.6 Å². The van der Waals surface area contributed by atoms with Gasteiger partial charge < -0.3 is 9.47 Å². The highest BCUT2D eigenvalue weighted by molar-refractivity contribution is 5.80. The first kappa shape index (κ1) is 23.0. The zero-order valence-corrected chi connectivity index (χ0v) is 18.6. The van der Waals surface area contributed by atoms with E-state index in [4.69, 9.17) is 9.47 Å². The Morgan fingerprint density at radius 1 is 0.969 bits per heavy atom. The lowest BCUT2D eigenvalue weighted by Crippen LogP contribution is -2.41. The van der Waals surface area contributed by atoms with Crippen LogP contribution in [0.25, 0.3) is 16.6 Å². The van der Waals surface area contributed by atoms with Gasteiger partial charge in [-0.2, -0.15) is 0 Å². The van der Waals surface area contributed by atoms with Crippen LogP contribution in [0.5, 0.6) is 0 Å². The first-order valence-electron chi connectivity index (χ1n) is 10.3. The fourth-order valence-electron chi connectivity index (χ4n) is 3.33. The number of benzene rings is 2. The molecule has 0 bridgehead atoms. The molecule has 32 heavy (non-hydrogen) atoms. The fourth-order valence-corrected chi connectivity index (χ4v) is 3.33. The molecule has 0 radical (unpaired) electrons. The van der Waals surface area contributed by atoms with Crippen LogP contribution in [0.4, 0.5) is 0 Å². The summed E-state index contributed by atoms with van der Waals surface area (Å²) in [5.41, 5.74) is -0.182. The Kier molecular flexibility index (Phi) is 6.62. The zero-order valence-electron chi connectivity index (χ0n) is 18.6. The molecule has 0 amide bonds. The molecule has 1 aromatic heterocycles. The van der Waals surface area contributed by atoms with Crippen molar-refractivity contribution in [2.75, 3.05) is 6.61 Å². The molecule has 3 rings (SSSR count).